The van der Waals surface area contributed by atoms with Gasteiger partial charge in [0.05, 0.1) is 18.3 Å². The van der Waals surface area contributed by atoms with Crippen LogP contribution >= 0.6 is 0 Å². The average Bonchev–Trinajstić information content (AvgIpc) is 3.20. The van der Waals surface area contributed by atoms with Crippen LogP contribution in [0.1, 0.15) is 18.7 Å². The van der Waals surface area contributed by atoms with Gasteiger partial charge in [-0.15, -0.1) is 0 Å². The van der Waals surface area contributed by atoms with Crippen molar-refractivity contribution in [2.24, 2.45) is 5.92 Å². The molecule has 0 bridgehead atoms. The van der Waals surface area contributed by atoms with Crippen LogP contribution in [0.25, 0.3) is 33.5 Å². The van der Waals surface area contributed by atoms with Crippen molar-refractivity contribution in [3.8, 4) is 28.4 Å². The van der Waals surface area contributed by atoms with Crippen molar-refractivity contribution in [2.45, 2.75) is 19.3 Å². The fourth-order valence-corrected chi connectivity index (χ4v) is 3.23. The molecular weight excluding hydrogens is 326 g/mol. The highest BCUT2D eigenvalue weighted by molar-refractivity contribution is 5.95. The molecule has 0 saturated heterocycles. The molecule has 0 spiro atoms. The molecule has 0 unspecified atom stereocenters. The predicted octanol–water partition coefficient (Wildman–Crippen LogP) is 3.98. The Morgan fingerprint density at radius 1 is 1.00 bits per heavy atom. The van der Waals surface area contributed by atoms with Crippen molar-refractivity contribution in [1.82, 2.24) is 25.4 Å². The summed E-state index contributed by atoms with van der Waals surface area (Å²) in [5, 5.41) is 16.1. The Labute approximate surface area is 150 Å². The fraction of sp³-hybridized carbons (Fsp3) is 0.250. The van der Waals surface area contributed by atoms with Gasteiger partial charge in [-0.3, -0.25) is 10.2 Å². The fourth-order valence-electron chi connectivity index (χ4n) is 3.23. The maximum atomic E-state index is 5.24. The van der Waals surface area contributed by atoms with Gasteiger partial charge in [0, 0.05) is 22.9 Å². The van der Waals surface area contributed by atoms with E-state index in [2.05, 4.69) is 31.4 Å². The van der Waals surface area contributed by atoms with Crippen LogP contribution in [0, 0.1) is 5.92 Å². The van der Waals surface area contributed by atoms with Gasteiger partial charge in [0.15, 0.2) is 5.82 Å². The molecule has 0 amide bonds. The zero-order valence-electron chi connectivity index (χ0n) is 14.5. The molecule has 4 aromatic rings. The van der Waals surface area contributed by atoms with Crippen molar-refractivity contribution < 1.29 is 4.74 Å². The number of aromatic nitrogens is 5. The molecular formula is C20H19N5O. The van der Waals surface area contributed by atoms with E-state index >= 15 is 0 Å². The number of rotatable bonds is 5. The number of nitrogens with zero attached hydrogens (tertiary/aromatic N) is 3. The Balaban J connectivity index is 1.52. The van der Waals surface area contributed by atoms with E-state index in [4.69, 9.17) is 4.74 Å². The zero-order valence-corrected chi connectivity index (χ0v) is 14.5. The Hall–Kier alpha value is -3.15. The molecule has 1 fully saturated rings. The van der Waals surface area contributed by atoms with E-state index in [9.17, 15) is 0 Å². The molecule has 2 heterocycles. The second-order valence-electron chi connectivity index (χ2n) is 6.81. The first-order chi connectivity index (χ1) is 12.8. The van der Waals surface area contributed by atoms with Crippen LogP contribution < -0.4 is 4.74 Å². The van der Waals surface area contributed by atoms with Gasteiger partial charge in [-0.05, 0) is 61.2 Å². The number of aromatic amines is 2. The first-order valence-electron chi connectivity index (χ1n) is 8.84. The van der Waals surface area contributed by atoms with Gasteiger partial charge in [0.2, 0.25) is 0 Å². The first-order valence-corrected chi connectivity index (χ1v) is 8.84. The molecule has 5 rings (SSSR count). The summed E-state index contributed by atoms with van der Waals surface area (Å²) >= 11 is 0. The van der Waals surface area contributed by atoms with E-state index in [0.717, 1.165) is 57.5 Å². The highest BCUT2D eigenvalue weighted by Gasteiger charge is 2.23. The summed E-state index contributed by atoms with van der Waals surface area (Å²) in [4.78, 5) is 4.66. The number of fused-ring (bicyclic) bond motifs is 1. The number of benzene rings is 2. The summed E-state index contributed by atoms with van der Waals surface area (Å²) in [5.74, 6) is 3.33. The molecule has 130 valence electrons. The highest BCUT2D eigenvalue weighted by atomic mass is 16.5. The molecule has 6 nitrogen and oxygen atoms in total. The standard InChI is InChI=1S/C20H19N5O/c1-26-15-7-4-13(5-8-15)19-16-11-14(6-9-17(16)22-24-19)20-21-18(23-25-20)10-12-2-3-12/h4-9,11-12H,2-3,10H2,1H3,(H,22,24)(H,21,23,25). The van der Waals surface area contributed by atoms with Gasteiger partial charge in [-0.25, -0.2) is 4.98 Å². The van der Waals surface area contributed by atoms with Crippen LogP contribution in [-0.2, 0) is 6.42 Å². The maximum absolute atomic E-state index is 5.24. The van der Waals surface area contributed by atoms with Gasteiger partial charge < -0.3 is 4.74 Å². The van der Waals surface area contributed by atoms with Crippen molar-refractivity contribution in [3.05, 3.63) is 48.3 Å². The number of nitrogens with one attached hydrogen (secondary N) is 2. The van der Waals surface area contributed by atoms with Crippen molar-refractivity contribution in [3.63, 3.8) is 0 Å². The Morgan fingerprint density at radius 3 is 2.58 bits per heavy atom. The molecule has 2 N–H and O–H groups in total. The Kier molecular flexibility index (Phi) is 3.48. The molecule has 6 heteroatoms. The van der Waals surface area contributed by atoms with Crippen LogP contribution in [0.2, 0.25) is 0 Å². The third-order valence-electron chi connectivity index (χ3n) is 4.90. The minimum atomic E-state index is 0.740. The lowest BCUT2D eigenvalue weighted by Gasteiger charge is -2.02. The predicted molar refractivity (Wildman–Crippen MR) is 99.9 cm³/mol. The lowest BCUT2D eigenvalue weighted by atomic mass is 10.1. The molecule has 2 aromatic carbocycles. The molecule has 0 aliphatic heterocycles. The molecule has 1 aliphatic carbocycles. The number of methoxy groups -OCH3 is 1. The van der Waals surface area contributed by atoms with E-state index in [0.29, 0.717) is 0 Å². The van der Waals surface area contributed by atoms with Crippen molar-refractivity contribution in [2.75, 3.05) is 7.11 Å². The van der Waals surface area contributed by atoms with Gasteiger partial charge in [-0.1, -0.05) is 0 Å². The van der Waals surface area contributed by atoms with Crippen LogP contribution in [0.4, 0.5) is 0 Å². The third-order valence-corrected chi connectivity index (χ3v) is 4.90. The zero-order chi connectivity index (χ0) is 17.5. The number of H-pyrrole nitrogens is 2. The smallest absolute Gasteiger partial charge is 0.181 e. The molecule has 26 heavy (non-hydrogen) atoms. The van der Waals surface area contributed by atoms with Gasteiger partial charge >= 0.3 is 0 Å². The lowest BCUT2D eigenvalue weighted by Crippen LogP contribution is -1.89. The topological polar surface area (TPSA) is 79.5 Å². The number of hydrogen-bond acceptors (Lipinski definition) is 4. The summed E-state index contributed by atoms with van der Waals surface area (Å²) in [7, 11) is 1.67. The first kappa shape index (κ1) is 15.1. The molecule has 2 aromatic heterocycles. The summed E-state index contributed by atoms with van der Waals surface area (Å²) in [5.41, 5.74) is 3.94. The van der Waals surface area contributed by atoms with Crippen LogP contribution in [0.15, 0.2) is 42.5 Å². The van der Waals surface area contributed by atoms with Crippen LogP contribution in [-0.4, -0.2) is 32.5 Å². The largest absolute Gasteiger partial charge is 0.497 e. The van der Waals surface area contributed by atoms with E-state index in [1.165, 1.54) is 12.8 Å². The number of ether oxygens (including phenoxy) is 1. The lowest BCUT2D eigenvalue weighted by molar-refractivity contribution is 0.415. The minimum Gasteiger partial charge on any atom is -0.497 e. The van der Waals surface area contributed by atoms with Gasteiger partial charge in [0.1, 0.15) is 11.6 Å². The second kappa shape index (κ2) is 5.98. The van der Waals surface area contributed by atoms with Crippen molar-refractivity contribution >= 4 is 10.9 Å². The summed E-state index contributed by atoms with van der Waals surface area (Å²) in [6.07, 6.45) is 3.61. The Morgan fingerprint density at radius 2 is 1.81 bits per heavy atom. The summed E-state index contributed by atoms with van der Waals surface area (Å²) in [6, 6.07) is 14.1. The van der Waals surface area contributed by atoms with E-state index in [1.54, 1.807) is 7.11 Å². The number of hydrogen-bond donors (Lipinski definition) is 2. The van der Waals surface area contributed by atoms with Gasteiger partial charge in [-0.2, -0.15) is 10.2 Å². The van der Waals surface area contributed by atoms with E-state index < -0.39 is 0 Å². The van der Waals surface area contributed by atoms with Crippen LogP contribution in [0.3, 0.4) is 0 Å². The van der Waals surface area contributed by atoms with E-state index in [1.807, 2.05) is 36.4 Å². The Bertz CT molecular complexity index is 1060. The average molecular weight is 345 g/mol. The normalized spacial score (nSPS) is 14.0. The van der Waals surface area contributed by atoms with Gasteiger partial charge in [0.25, 0.3) is 0 Å². The minimum absolute atomic E-state index is 0.740. The molecule has 0 atom stereocenters. The van der Waals surface area contributed by atoms with Crippen LogP contribution in [0.5, 0.6) is 5.75 Å². The summed E-state index contributed by atoms with van der Waals surface area (Å²) < 4.78 is 5.24. The quantitative estimate of drug-likeness (QED) is 0.573. The molecule has 1 aliphatic rings. The summed E-state index contributed by atoms with van der Waals surface area (Å²) in [6.45, 7) is 0. The highest BCUT2D eigenvalue weighted by Crippen LogP contribution is 2.33. The third kappa shape index (κ3) is 2.73. The SMILES string of the molecule is COc1ccc(-c2n[nH]c3ccc(-c4n[nH]c(CC5CC5)n4)cc23)cc1. The van der Waals surface area contributed by atoms with E-state index in [-0.39, 0.29) is 0 Å². The molecule has 0 radical (unpaired) electrons. The second-order valence-corrected chi connectivity index (χ2v) is 6.81. The van der Waals surface area contributed by atoms with Crippen molar-refractivity contribution in [1.29, 1.82) is 0 Å². The maximum Gasteiger partial charge on any atom is 0.181 e. The monoisotopic (exact) mass is 345 g/mol. The molecule has 1 saturated carbocycles.